The molecule has 2 aromatic rings. The van der Waals surface area contributed by atoms with Gasteiger partial charge in [-0.25, -0.2) is 14.2 Å². The van der Waals surface area contributed by atoms with E-state index in [1.54, 1.807) is 22.4 Å². The van der Waals surface area contributed by atoms with E-state index in [-0.39, 0.29) is 30.2 Å². The molecule has 0 aliphatic heterocycles. The summed E-state index contributed by atoms with van der Waals surface area (Å²) >= 11 is 1.32. The zero-order valence-electron chi connectivity index (χ0n) is 16.8. The van der Waals surface area contributed by atoms with Crippen LogP contribution >= 0.6 is 11.3 Å². The highest BCUT2D eigenvalue weighted by atomic mass is 32.1. The second kappa shape index (κ2) is 9.64. The van der Waals surface area contributed by atoms with Gasteiger partial charge in [-0.05, 0) is 38.8 Å². The predicted molar refractivity (Wildman–Crippen MR) is 110 cm³/mol. The number of para-hydroxylation sites is 1. The molecule has 8 heteroatoms. The molecule has 0 spiro atoms. The third-order valence-corrected chi connectivity index (χ3v) is 5.28. The highest BCUT2D eigenvalue weighted by Crippen LogP contribution is 2.18. The summed E-state index contributed by atoms with van der Waals surface area (Å²) in [5.74, 6) is -0.400. The molecule has 1 aromatic heterocycles. The summed E-state index contributed by atoms with van der Waals surface area (Å²) in [6.45, 7) is 9.98. The van der Waals surface area contributed by atoms with Crippen LogP contribution in [-0.2, 0) is 6.54 Å². The molecule has 6 nitrogen and oxygen atoms in total. The van der Waals surface area contributed by atoms with Crippen molar-refractivity contribution in [3.63, 3.8) is 0 Å². The number of thiazole rings is 1. The predicted octanol–water partition coefficient (Wildman–Crippen LogP) is 4.50. The van der Waals surface area contributed by atoms with Gasteiger partial charge < -0.3 is 15.5 Å². The van der Waals surface area contributed by atoms with Gasteiger partial charge in [0.1, 0.15) is 16.5 Å². The number of benzene rings is 1. The van der Waals surface area contributed by atoms with E-state index in [0.717, 1.165) is 0 Å². The SMILES string of the molecule is CC(C)[C@@H](C)NC(=O)c1csc(CN(C(=O)Nc2ccccc2F)C(C)C)n1. The van der Waals surface area contributed by atoms with Gasteiger partial charge in [0.05, 0.1) is 12.2 Å². The largest absolute Gasteiger partial charge is 0.348 e. The molecule has 0 fully saturated rings. The lowest BCUT2D eigenvalue weighted by Crippen LogP contribution is -2.39. The second-order valence-electron chi connectivity index (χ2n) is 7.26. The Balaban J connectivity index is 2.06. The quantitative estimate of drug-likeness (QED) is 0.711. The number of aromatic nitrogens is 1. The Morgan fingerprint density at radius 1 is 1.18 bits per heavy atom. The van der Waals surface area contributed by atoms with E-state index in [9.17, 15) is 14.0 Å². The van der Waals surface area contributed by atoms with Crippen LogP contribution in [0.15, 0.2) is 29.6 Å². The Hall–Kier alpha value is -2.48. The first kappa shape index (κ1) is 21.8. The number of hydrogen-bond donors (Lipinski definition) is 2. The van der Waals surface area contributed by atoms with Crippen molar-refractivity contribution < 1.29 is 14.0 Å². The average molecular weight is 407 g/mol. The first-order chi connectivity index (χ1) is 13.2. The number of hydrogen-bond acceptors (Lipinski definition) is 4. The first-order valence-corrected chi connectivity index (χ1v) is 10.1. The maximum atomic E-state index is 13.8. The molecule has 0 bridgehead atoms. The molecule has 0 radical (unpaired) electrons. The van der Waals surface area contributed by atoms with Gasteiger partial charge in [0.2, 0.25) is 0 Å². The highest BCUT2D eigenvalue weighted by molar-refractivity contribution is 7.09. The van der Waals surface area contributed by atoms with E-state index in [1.807, 2.05) is 34.6 Å². The fourth-order valence-electron chi connectivity index (χ4n) is 2.32. The van der Waals surface area contributed by atoms with Crippen LogP contribution in [0, 0.1) is 11.7 Å². The molecule has 152 valence electrons. The monoisotopic (exact) mass is 406 g/mol. The maximum absolute atomic E-state index is 13.8. The number of halogens is 1. The number of amides is 3. The Bertz CT molecular complexity index is 822. The van der Waals surface area contributed by atoms with Crippen LogP contribution in [0.4, 0.5) is 14.9 Å². The van der Waals surface area contributed by atoms with Crippen LogP contribution in [0.25, 0.3) is 0 Å². The highest BCUT2D eigenvalue weighted by Gasteiger charge is 2.21. The van der Waals surface area contributed by atoms with Crippen molar-refractivity contribution in [3.8, 4) is 0 Å². The standard InChI is InChI=1S/C20H27FN4O2S/c1-12(2)14(5)22-19(26)17-11-28-18(23-17)10-25(13(3)4)20(27)24-16-9-7-6-8-15(16)21/h6-9,11-14H,10H2,1-5H3,(H,22,26)(H,24,27)/t14-/m1/s1. The molecule has 3 amide bonds. The summed E-state index contributed by atoms with van der Waals surface area (Å²) in [6.07, 6.45) is 0. The minimum atomic E-state index is -0.493. The van der Waals surface area contributed by atoms with E-state index in [2.05, 4.69) is 15.6 Å². The van der Waals surface area contributed by atoms with Gasteiger partial charge in [-0.1, -0.05) is 26.0 Å². The lowest BCUT2D eigenvalue weighted by molar-refractivity contribution is 0.0926. The number of urea groups is 1. The van der Waals surface area contributed by atoms with E-state index in [0.29, 0.717) is 16.6 Å². The molecule has 0 aliphatic carbocycles. The van der Waals surface area contributed by atoms with Crippen LogP contribution in [0.1, 0.15) is 50.1 Å². The Morgan fingerprint density at radius 3 is 2.46 bits per heavy atom. The fraction of sp³-hybridized carbons (Fsp3) is 0.450. The number of anilines is 1. The molecule has 1 heterocycles. The lowest BCUT2D eigenvalue weighted by Gasteiger charge is -2.26. The van der Waals surface area contributed by atoms with Crippen LogP contribution in [0.2, 0.25) is 0 Å². The number of carbonyl (C=O) groups excluding carboxylic acids is 2. The van der Waals surface area contributed by atoms with E-state index in [1.165, 1.54) is 23.5 Å². The van der Waals surface area contributed by atoms with Crippen LogP contribution in [0.3, 0.4) is 0 Å². The van der Waals surface area contributed by atoms with Gasteiger partial charge in [-0.3, -0.25) is 4.79 Å². The molecule has 2 N–H and O–H groups in total. The summed E-state index contributed by atoms with van der Waals surface area (Å²) in [6, 6.07) is 5.50. The number of nitrogens with zero attached hydrogens (tertiary/aromatic N) is 2. The van der Waals surface area contributed by atoms with Crippen molar-refractivity contribution in [3.05, 3.63) is 46.2 Å². The molecule has 1 atom stereocenters. The second-order valence-corrected chi connectivity index (χ2v) is 8.21. The smallest absolute Gasteiger partial charge is 0.322 e. The Morgan fingerprint density at radius 2 is 1.86 bits per heavy atom. The third-order valence-electron chi connectivity index (χ3n) is 4.45. The van der Waals surface area contributed by atoms with Gasteiger partial charge >= 0.3 is 6.03 Å². The summed E-state index contributed by atoms with van der Waals surface area (Å²) in [5.41, 5.74) is 0.464. The zero-order chi connectivity index (χ0) is 20.8. The van der Waals surface area contributed by atoms with Gasteiger partial charge in [-0.15, -0.1) is 11.3 Å². The first-order valence-electron chi connectivity index (χ1n) is 9.26. The lowest BCUT2D eigenvalue weighted by atomic mass is 10.1. The van der Waals surface area contributed by atoms with Crippen molar-refractivity contribution in [2.24, 2.45) is 5.92 Å². The molecular weight excluding hydrogens is 379 g/mol. The van der Waals surface area contributed by atoms with E-state index < -0.39 is 11.8 Å². The summed E-state index contributed by atoms with van der Waals surface area (Å²) in [4.78, 5) is 30.8. The topological polar surface area (TPSA) is 74.3 Å². The van der Waals surface area contributed by atoms with Gasteiger partial charge in [-0.2, -0.15) is 0 Å². The normalized spacial score (nSPS) is 12.1. The molecule has 0 unspecified atom stereocenters. The maximum Gasteiger partial charge on any atom is 0.322 e. The number of carbonyl (C=O) groups is 2. The molecule has 1 aromatic carbocycles. The summed E-state index contributed by atoms with van der Waals surface area (Å²) in [7, 11) is 0. The summed E-state index contributed by atoms with van der Waals surface area (Å²) in [5, 5.41) is 7.83. The third kappa shape index (κ3) is 5.76. The van der Waals surface area contributed by atoms with Crippen LogP contribution in [0.5, 0.6) is 0 Å². The Labute approximate surface area is 169 Å². The van der Waals surface area contributed by atoms with E-state index >= 15 is 0 Å². The van der Waals surface area contributed by atoms with Crippen molar-refractivity contribution in [2.75, 3.05) is 5.32 Å². The van der Waals surface area contributed by atoms with Gasteiger partial charge in [0.15, 0.2) is 0 Å². The van der Waals surface area contributed by atoms with Crippen molar-refractivity contribution in [2.45, 2.75) is 53.2 Å². The zero-order valence-corrected chi connectivity index (χ0v) is 17.6. The van der Waals surface area contributed by atoms with Gasteiger partial charge in [0, 0.05) is 17.5 Å². The number of rotatable bonds is 7. The molecule has 2 rings (SSSR count). The fourth-order valence-corrected chi connectivity index (χ4v) is 3.09. The van der Waals surface area contributed by atoms with E-state index in [4.69, 9.17) is 0 Å². The molecule has 0 saturated carbocycles. The minimum absolute atomic E-state index is 0.0383. The number of nitrogens with one attached hydrogen (secondary N) is 2. The molecular formula is C20H27FN4O2S. The van der Waals surface area contributed by atoms with Crippen molar-refractivity contribution >= 4 is 29.0 Å². The van der Waals surface area contributed by atoms with Crippen molar-refractivity contribution in [1.29, 1.82) is 0 Å². The molecule has 0 aliphatic rings. The molecule has 28 heavy (non-hydrogen) atoms. The van der Waals surface area contributed by atoms with Crippen LogP contribution in [-0.4, -0.2) is 33.9 Å². The molecule has 0 saturated heterocycles. The minimum Gasteiger partial charge on any atom is -0.348 e. The van der Waals surface area contributed by atoms with Gasteiger partial charge in [0.25, 0.3) is 5.91 Å². The van der Waals surface area contributed by atoms with Crippen molar-refractivity contribution in [1.82, 2.24) is 15.2 Å². The average Bonchev–Trinajstić information content (AvgIpc) is 3.10. The Kier molecular flexibility index (Phi) is 7.51. The van der Waals surface area contributed by atoms with Crippen LogP contribution < -0.4 is 10.6 Å². The summed E-state index contributed by atoms with van der Waals surface area (Å²) < 4.78 is 13.8.